The summed E-state index contributed by atoms with van der Waals surface area (Å²) < 4.78 is 0. The van der Waals surface area contributed by atoms with E-state index >= 15 is 0 Å². The van der Waals surface area contributed by atoms with Gasteiger partial charge in [0.15, 0.2) is 0 Å². The molecule has 0 saturated carbocycles. The molecule has 0 aliphatic heterocycles. The van der Waals surface area contributed by atoms with E-state index in [1.54, 1.807) is 0 Å². The molecule has 424 valence electrons. The van der Waals surface area contributed by atoms with Gasteiger partial charge in [0.25, 0.3) is 0 Å². The molecular weight excluding hydrogens is 1260 g/mol. The van der Waals surface area contributed by atoms with Gasteiger partial charge in [0, 0.05) is 18.6 Å². The average molecular weight is 1320 g/mol. The van der Waals surface area contributed by atoms with Gasteiger partial charge in [-0.3, -0.25) is 0 Å². The number of hydrogen-bond acceptors (Lipinski definition) is 3. The summed E-state index contributed by atoms with van der Waals surface area (Å²) in [4.78, 5) is 14.3. The Bertz CT molecular complexity index is 4510. The molecule has 0 fully saturated rings. The van der Waals surface area contributed by atoms with E-state index in [4.69, 9.17) is 15.0 Å². The second-order valence-corrected chi connectivity index (χ2v) is 22.3. The van der Waals surface area contributed by atoms with Crippen molar-refractivity contribution in [2.75, 3.05) is 0 Å². The quantitative estimate of drug-likeness (QED) is 0.0853. The minimum atomic E-state index is 0. The summed E-state index contributed by atoms with van der Waals surface area (Å²) in [5.74, 6) is 0. The average Bonchev–Trinajstić information content (AvgIpc) is 2.05. The van der Waals surface area contributed by atoms with E-state index in [0.717, 1.165) is 104 Å². The Morgan fingerprint density at radius 3 is 0.989 bits per heavy atom. The molecule has 11 aromatic carbocycles. The molecule has 0 radical (unpaired) electrons. The van der Waals surface area contributed by atoms with Crippen molar-refractivity contribution in [3.8, 4) is 123 Å². The minimum Gasteiger partial charge on any atom is -0.305 e. The minimum absolute atomic E-state index is 0. The molecule has 14 rings (SSSR count). The van der Waals surface area contributed by atoms with Crippen molar-refractivity contribution in [2.45, 2.75) is 25.7 Å². The number of pyridine rings is 3. The molecule has 4 heteroatoms. The van der Waals surface area contributed by atoms with Crippen LogP contribution >= 0.6 is 0 Å². The molecule has 0 aliphatic rings. The Hall–Kier alpha value is -10.5. The second-order valence-electron chi connectivity index (χ2n) is 22.3. The van der Waals surface area contributed by atoms with E-state index in [1.165, 1.54) is 66.8 Å². The molecular formula is C85H60IrN3. The number of hydrogen-bond donors (Lipinski definition) is 0. The van der Waals surface area contributed by atoms with Crippen LogP contribution in [0.25, 0.3) is 123 Å². The van der Waals surface area contributed by atoms with Gasteiger partial charge in [0.05, 0.1) is 0 Å². The molecule has 3 nitrogen and oxygen atoms in total. The molecule has 0 N–H and O–H groups in total. The number of aromatic nitrogens is 3. The molecule has 3 aromatic heterocycles. The summed E-state index contributed by atoms with van der Waals surface area (Å²) in [5, 5.41) is 0. The van der Waals surface area contributed by atoms with Gasteiger partial charge in [0.2, 0.25) is 0 Å². The van der Waals surface area contributed by atoms with Crippen molar-refractivity contribution >= 4 is 0 Å². The van der Waals surface area contributed by atoms with Gasteiger partial charge in [-0.2, -0.15) is 0 Å². The van der Waals surface area contributed by atoms with Gasteiger partial charge in [-0.05, 0) is 139 Å². The molecule has 0 unspecified atom stereocenters. The van der Waals surface area contributed by atoms with E-state index in [9.17, 15) is 0 Å². The first-order chi connectivity index (χ1) is 43.6. The Morgan fingerprint density at radius 2 is 0.573 bits per heavy atom. The maximum absolute atomic E-state index is 4.79. The zero-order valence-electron chi connectivity index (χ0n) is 49.0. The Morgan fingerprint density at radius 1 is 0.225 bits per heavy atom. The molecule has 0 aliphatic carbocycles. The summed E-state index contributed by atoms with van der Waals surface area (Å²) in [6.07, 6.45) is 8.77. The van der Waals surface area contributed by atoms with Crippen LogP contribution < -0.4 is 0 Å². The Labute approximate surface area is 536 Å². The summed E-state index contributed by atoms with van der Waals surface area (Å²) in [6.45, 7) is 0. The molecule has 0 atom stereocenters. The molecule has 0 saturated heterocycles. The largest absolute Gasteiger partial charge is 3.00 e. The Balaban J connectivity index is 0.00000729. The van der Waals surface area contributed by atoms with E-state index in [0.29, 0.717) is 0 Å². The SMILES string of the molecule is [Ir+3].[c-]1cc(CCc2cc(CCc3c[c-]c(-c4ccccn4)cc3-c3cccc(-c4ccccc4)c3)cc(-c3ccccc3-c3c[c-]c(-c4ccccn4)cc3-c3cccc(-c4ccccc4)c3)c2)c(-c2cccc(-c3ccccc3)c2)cc1-c1ccccn1. The van der Waals surface area contributed by atoms with Crippen molar-refractivity contribution in [2.24, 2.45) is 0 Å². The van der Waals surface area contributed by atoms with Crippen molar-refractivity contribution in [3.05, 3.63) is 356 Å². The normalized spacial score (nSPS) is 11.0. The fourth-order valence-electron chi connectivity index (χ4n) is 12.2. The summed E-state index contributed by atoms with van der Waals surface area (Å²) in [7, 11) is 0. The first kappa shape index (κ1) is 57.6. The van der Waals surface area contributed by atoms with Crippen LogP contribution in [0.3, 0.4) is 0 Å². The van der Waals surface area contributed by atoms with Crippen LogP contribution in [0, 0.1) is 18.2 Å². The first-order valence-corrected chi connectivity index (χ1v) is 30.2. The van der Waals surface area contributed by atoms with Gasteiger partial charge >= 0.3 is 20.1 Å². The van der Waals surface area contributed by atoms with Crippen LogP contribution in [-0.2, 0) is 45.8 Å². The van der Waals surface area contributed by atoms with Crippen molar-refractivity contribution in [3.63, 3.8) is 0 Å². The fourth-order valence-corrected chi connectivity index (χ4v) is 12.2. The summed E-state index contributed by atoms with van der Waals surface area (Å²) in [5.41, 5.74) is 29.1. The smallest absolute Gasteiger partial charge is 0.305 e. The van der Waals surface area contributed by atoms with Gasteiger partial charge < -0.3 is 15.0 Å². The topological polar surface area (TPSA) is 38.7 Å². The van der Waals surface area contributed by atoms with Crippen molar-refractivity contribution in [1.82, 2.24) is 15.0 Å². The van der Waals surface area contributed by atoms with E-state index in [1.807, 2.05) is 55.0 Å². The predicted octanol–water partition coefficient (Wildman–Crippen LogP) is 21.2. The van der Waals surface area contributed by atoms with E-state index < -0.39 is 0 Å². The zero-order chi connectivity index (χ0) is 58.9. The Kier molecular flexibility index (Phi) is 17.5. The number of aryl methyl sites for hydroxylation is 4. The number of rotatable bonds is 17. The third-order valence-corrected chi connectivity index (χ3v) is 16.6. The van der Waals surface area contributed by atoms with Crippen LogP contribution in [0.5, 0.6) is 0 Å². The summed E-state index contributed by atoms with van der Waals surface area (Å²) >= 11 is 0. The second kappa shape index (κ2) is 27.1. The fraction of sp³-hybridized carbons (Fsp3) is 0.0471. The van der Waals surface area contributed by atoms with Crippen molar-refractivity contribution in [1.29, 1.82) is 0 Å². The molecule has 14 aromatic rings. The van der Waals surface area contributed by atoms with Gasteiger partial charge in [0.1, 0.15) is 0 Å². The monoisotopic (exact) mass is 1320 g/mol. The van der Waals surface area contributed by atoms with E-state index in [2.05, 4.69) is 279 Å². The number of nitrogens with zero attached hydrogens (tertiary/aromatic N) is 3. The van der Waals surface area contributed by atoms with Crippen LogP contribution in [0.4, 0.5) is 0 Å². The molecule has 0 amide bonds. The molecule has 3 heterocycles. The molecule has 89 heavy (non-hydrogen) atoms. The van der Waals surface area contributed by atoms with Crippen LogP contribution in [0.2, 0.25) is 0 Å². The first-order valence-electron chi connectivity index (χ1n) is 30.2. The molecule has 0 bridgehead atoms. The number of benzene rings is 11. The zero-order valence-corrected chi connectivity index (χ0v) is 51.4. The van der Waals surface area contributed by atoms with Crippen molar-refractivity contribution < 1.29 is 20.1 Å². The third-order valence-electron chi connectivity index (χ3n) is 16.6. The molecule has 0 spiro atoms. The van der Waals surface area contributed by atoms with Gasteiger partial charge in [-0.25, -0.2) is 0 Å². The summed E-state index contributed by atoms with van der Waals surface area (Å²) in [6, 6.07) is 118. The van der Waals surface area contributed by atoms with Gasteiger partial charge in [-0.15, -0.1) is 82.4 Å². The standard InChI is InChI=1S/C85H60N3.Ir/c1-4-21-62(22-5-1)67-27-18-30-70(54-67)80-57-73(83-35-12-15-48-86-83)44-42-65(80)40-38-60-51-61(39-41-66-43-45-74(84-36-13-16-49-87-84)58-81(66)71-31-19-28-68(55-71)63-23-6-2-7-24-63)53-76(52-60)77-33-10-11-34-78(77)79-47-46-75(85-37-14-17-50-88-85)59-82(79)72-32-20-29-69(56-72)64-25-8-3-9-26-64;/h1-37,42-43,47-59H,38-41H2;/q-3;+3. The predicted molar refractivity (Wildman–Crippen MR) is 364 cm³/mol. The maximum Gasteiger partial charge on any atom is 3.00 e. The van der Waals surface area contributed by atoms with Crippen LogP contribution in [0.1, 0.15) is 22.3 Å². The van der Waals surface area contributed by atoms with Crippen LogP contribution in [-0.4, -0.2) is 15.0 Å². The maximum atomic E-state index is 4.79. The van der Waals surface area contributed by atoms with E-state index in [-0.39, 0.29) is 20.1 Å². The third kappa shape index (κ3) is 13.1. The van der Waals surface area contributed by atoms with Crippen LogP contribution in [0.15, 0.2) is 316 Å². The van der Waals surface area contributed by atoms with Gasteiger partial charge in [-0.1, -0.05) is 265 Å².